The molecule has 1 aromatic rings. The van der Waals surface area contributed by atoms with Crippen LogP contribution in [-0.4, -0.2) is 25.9 Å². The van der Waals surface area contributed by atoms with Gasteiger partial charge in [-0.15, -0.1) is 0 Å². The zero-order valence-corrected chi connectivity index (χ0v) is 11.3. The van der Waals surface area contributed by atoms with Crippen LogP contribution >= 0.6 is 0 Å². The summed E-state index contributed by atoms with van der Waals surface area (Å²) in [5, 5.41) is 3.53. The third kappa shape index (κ3) is 3.72. The van der Waals surface area contributed by atoms with Gasteiger partial charge in [-0.3, -0.25) is 0 Å². The molecule has 0 radical (unpaired) electrons. The summed E-state index contributed by atoms with van der Waals surface area (Å²) in [6.07, 6.45) is 2.77. The lowest BCUT2D eigenvalue weighted by molar-refractivity contribution is 0.108. The molecule has 0 amide bonds. The van der Waals surface area contributed by atoms with Gasteiger partial charge in [0.05, 0.1) is 12.7 Å². The summed E-state index contributed by atoms with van der Waals surface area (Å²) in [5.74, 6) is 0.945. The fraction of sp³-hybridized carbons (Fsp3) is 0.600. The quantitative estimate of drug-likeness (QED) is 0.841. The molecular weight excluding hydrogens is 226 g/mol. The van der Waals surface area contributed by atoms with Crippen molar-refractivity contribution in [1.29, 1.82) is 0 Å². The number of hydrogen-bond donors (Lipinski definition) is 1. The summed E-state index contributed by atoms with van der Waals surface area (Å²) in [4.78, 5) is 0. The highest BCUT2D eigenvalue weighted by molar-refractivity contribution is 5.30. The second kappa shape index (κ2) is 6.76. The molecule has 0 spiro atoms. The van der Waals surface area contributed by atoms with Gasteiger partial charge < -0.3 is 14.8 Å². The monoisotopic (exact) mass is 249 g/mol. The summed E-state index contributed by atoms with van der Waals surface area (Å²) in [7, 11) is 0. The standard InChI is InChI=1S/C15H23NO2/c1-3-17-14-7-4-6-13(10-14)12(2)16-11-15-8-5-9-18-15/h4,6-7,10,12,15-16H,3,5,8-9,11H2,1-2H3/t12-,15+/m0/s1. The molecule has 100 valence electrons. The number of nitrogens with one attached hydrogen (secondary N) is 1. The number of hydrogen-bond acceptors (Lipinski definition) is 3. The smallest absolute Gasteiger partial charge is 0.119 e. The molecule has 0 aromatic heterocycles. The molecule has 1 aliphatic rings. The molecular formula is C15H23NO2. The van der Waals surface area contributed by atoms with Crippen LogP contribution in [0, 0.1) is 0 Å². The molecule has 18 heavy (non-hydrogen) atoms. The fourth-order valence-electron chi connectivity index (χ4n) is 2.27. The SMILES string of the molecule is CCOc1cccc([C@H](C)NC[C@H]2CCCO2)c1. The third-order valence-electron chi connectivity index (χ3n) is 3.34. The first-order valence-corrected chi connectivity index (χ1v) is 6.87. The Morgan fingerprint density at radius 3 is 3.11 bits per heavy atom. The Bertz CT molecular complexity index is 361. The Balaban J connectivity index is 1.86. The predicted octanol–water partition coefficient (Wildman–Crippen LogP) is 2.91. The number of ether oxygens (including phenoxy) is 2. The first-order valence-electron chi connectivity index (χ1n) is 6.87. The van der Waals surface area contributed by atoms with E-state index in [1.54, 1.807) is 0 Å². The molecule has 3 nitrogen and oxygen atoms in total. The average molecular weight is 249 g/mol. The van der Waals surface area contributed by atoms with Crippen molar-refractivity contribution in [2.24, 2.45) is 0 Å². The maximum Gasteiger partial charge on any atom is 0.119 e. The van der Waals surface area contributed by atoms with Crippen LogP contribution in [-0.2, 0) is 4.74 Å². The van der Waals surface area contributed by atoms with Gasteiger partial charge in [-0.05, 0) is 44.4 Å². The lowest BCUT2D eigenvalue weighted by atomic mass is 10.1. The number of benzene rings is 1. The maximum absolute atomic E-state index is 5.61. The average Bonchev–Trinajstić information content (AvgIpc) is 2.90. The molecule has 1 aliphatic heterocycles. The first kappa shape index (κ1) is 13.4. The normalized spacial score (nSPS) is 20.9. The highest BCUT2D eigenvalue weighted by Crippen LogP contribution is 2.20. The van der Waals surface area contributed by atoms with E-state index in [0.717, 1.165) is 18.9 Å². The van der Waals surface area contributed by atoms with E-state index >= 15 is 0 Å². The molecule has 2 atom stereocenters. The minimum atomic E-state index is 0.328. The Hall–Kier alpha value is -1.06. The van der Waals surface area contributed by atoms with Crippen LogP contribution in [0.2, 0.25) is 0 Å². The van der Waals surface area contributed by atoms with Crippen LogP contribution in [0.15, 0.2) is 24.3 Å². The molecule has 0 unspecified atom stereocenters. The molecule has 1 saturated heterocycles. The van der Waals surface area contributed by atoms with Gasteiger partial charge in [0.25, 0.3) is 0 Å². The number of rotatable bonds is 6. The van der Waals surface area contributed by atoms with Crippen molar-refractivity contribution >= 4 is 0 Å². The van der Waals surface area contributed by atoms with E-state index in [2.05, 4.69) is 24.4 Å². The highest BCUT2D eigenvalue weighted by Gasteiger charge is 2.16. The lowest BCUT2D eigenvalue weighted by Crippen LogP contribution is -2.28. The van der Waals surface area contributed by atoms with Crippen molar-refractivity contribution in [2.75, 3.05) is 19.8 Å². The molecule has 0 bridgehead atoms. The van der Waals surface area contributed by atoms with Crippen LogP contribution < -0.4 is 10.1 Å². The Morgan fingerprint density at radius 2 is 2.39 bits per heavy atom. The van der Waals surface area contributed by atoms with Crippen LogP contribution in [0.25, 0.3) is 0 Å². The van der Waals surface area contributed by atoms with Crippen LogP contribution in [0.5, 0.6) is 5.75 Å². The van der Waals surface area contributed by atoms with Gasteiger partial charge in [0.15, 0.2) is 0 Å². The van der Waals surface area contributed by atoms with Crippen molar-refractivity contribution in [2.45, 2.75) is 38.8 Å². The van der Waals surface area contributed by atoms with Gasteiger partial charge in [0.1, 0.15) is 5.75 Å². The maximum atomic E-state index is 5.61. The van der Waals surface area contributed by atoms with E-state index in [1.165, 1.54) is 18.4 Å². The second-order valence-electron chi connectivity index (χ2n) is 4.77. The van der Waals surface area contributed by atoms with Crippen molar-refractivity contribution in [1.82, 2.24) is 5.32 Å². The van der Waals surface area contributed by atoms with E-state index < -0.39 is 0 Å². The zero-order chi connectivity index (χ0) is 12.8. The van der Waals surface area contributed by atoms with Gasteiger partial charge in [0.2, 0.25) is 0 Å². The van der Waals surface area contributed by atoms with E-state index in [9.17, 15) is 0 Å². The Labute approximate surface area is 109 Å². The molecule has 1 heterocycles. The molecule has 1 aromatic carbocycles. The van der Waals surface area contributed by atoms with Crippen LogP contribution in [0.3, 0.4) is 0 Å². The summed E-state index contributed by atoms with van der Waals surface area (Å²) in [6.45, 7) is 6.74. The molecule has 2 rings (SSSR count). The van der Waals surface area contributed by atoms with Gasteiger partial charge in [-0.2, -0.15) is 0 Å². The fourth-order valence-corrected chi connectivity index (χ4v) is 2.27. The van der Waals surface area contributed by atoms with Gasteiger partial charge in [0, 0.05) is 19.2 Å². The molecule has 0 saturated carbocycles. The van der Waals surface area contributed by atoms with Gasteiger partial charge in [-0.25, -0.2) is 0 Å². The predicted molar refractivity (Wildman–Crippen MR) is 73.0 cm³/mol. The van der Waals surface area contributed by atoms with Gasteiger partial charge in [-0.1, -0.05) is 12.1 Å². The summed E-state index contributed by atoms with van der Waals surface area (Å²) < 4.78 is 11.1. The Kier molecular flexibility index (Phi) is 5.02. The third-order valence-corrected chi connectivity index (χ3v) is 3.34. The minimum Gasteiger partial charge on any atom is -0.494 e. The largest absolute Gasteiger partial charge is 0.494 e. The van der Waals surface area contributed by atoms with E-state index in [-0.39, 0.29) is 0 Å². The van der Waals surface area contributed by atoms with Crippen LogP contribution in [0.1, 0.15) is 38.3 Å². The van der Waals surface area contributed by atoms with Crippen molar-refractivity contribution in [3.05, 3.63) is 29.8 Å². The van der Waals surface area contributed by atoms with Crippen molar-refractivity contribution < 1.29 is 9.47 Å². The van der Waals surface area contributed by atoms with Gasteiger partial charge >= 0.3 is 0 Å². The topological polar surface area (TPSA) is 30.5 Å². The highest BCUT2D eigenvalue weighted by atomic mass is 16.5. The molecule has 1 fully saturated rings. The summed E-state index contributed by atoms with van der Waals surface area (Å²) in [6, 6.07) is 8.62. The second-order valence-corrected chi connectivity index (χ2v) is 4.77. The summed E-state index contributed by atoms with van der Waals surface area (Å²) in [5.41, 5.74) is 1.26. The zero-order valence-electron chi connectivity index (χ0n) is 11.3. The minimum absolute atomic E-state index is 0.328. The van der Waals surface area contributed by atoms with E-state index in [4.69, 9.17) is 9.47 Å². The van der Waals surface area contributed by atoms with E-state index in [0.29, 0.717) is 18.8 Å². The lowest BCUT2D eigenvalue weighted by Gasteiger charge is -2.18. The summed E-state index contributed by atoms with van der Waals surface area (Å²) >= 11 is 0. The molecule has 0 aliphatic carbocycles. The molecule has 1 N–H and O–H groups in total. The van der Waals surface area contributed by atoms with Crippen LogP contribution in [0.4, 0.5) is 0 Å². The van der Waals surface area contributed by atoms with Crippen molar-refractivity contribution in [3.63, 3.8) is 0 Å². The Morgan fingerprint density at radius 1 is 1.50 bits per heavy atom. The first-order chi connectivity index (χ1) is 8.79. The van der Waals surface area contributed by atoms with E-state index in [1.807, 2.05) is 19.1 Å². The molecule has 3 heteroatoms. The van der Waals surface area contributed by atoms with Crippen molar-refractivity contribution in [3.8, 4) is 5.75 Å².